The molecule has 1 unspecified atom stereocenters. The van der Waals surface area contributed by atoms with Crippen LogP contribution in [0.3, 0.4) is 0 Å². The second kappa shape index (κ2) is 8.85. The Balaban J connectivity index is 1.60. The molecule has 1 atom stereocenters. The smallest absolute Gasteiger partial charge is 0.378 e. The first kappa shape index (κ1) is 24.7. The molecule has 0 bridgehead atoms. The summed E-state index contributed by atoms with van der Waals surface area (Å²) < 4.78 is 48.7. The largest absolute Gasteiger partial charge is 0.418 e. The number of nitrogens with one attached hydrogen (secondary N) is 1. The molecule has 1 saturated heterocycles. The van der Waals surface area contributed by atoms with E-state index in [1.807, 2.05) is 27.8 Å². The average molecular weight is 521 g/mol. The van der Waals surface area contributed by atoms with Crippen LogP contribution in [-0.2, 0) is 23.4 Å². The molecule has 0 spiro atoms. The maximum absolute atomic E-state index is 13.8. The summed E-state index contributed by atoms with van der Waals surface area (Å²) in [5.41, 5.74) is 1.87. The van der Waals surface area contributed by atoms with Crippen molar-refractivity contribution in [1.29, 1.82) is 0 Å². The lowest BCUT2D eigenvalue weighted by atomic mass is 9.92. The third kappa shape index (κ3) is 4.37. The summed E-state index contributed by atoms with van der Waals surface area (Å²) in [7, 11) is 1.81. The summed E-state index contributed by atoms with van der Waals surface area (Å²) in [6.07, 6.45) is -1.10. The summed E-state index contributed by atoms with van der Waals surface area (Å²) in [5, 5.41) is 8.58. The van der Waals surface area contributed by atoms with Gasteiger partial charge in [0.25, 0.3) is 0 Å². The van der Waals surface area contributed by atoms with Crippen LogP contribution in [0.1, 0.15) is 37.7 Å². The summed E-state index contributed by atoms with van der Waals surface area (Å²) >= 11 is 6.77. The zero-order valence-corrected chi connectivity index (χ0v) is 21.3. The molecule has 3 aliphatic rings. The standard InChI is InChI=1S/C25H28ClF3N6O/c1-24(2,3)22-19(26)21(33(4)32-22)23-30-16-13-35(17-8-6-5-7-15(17)25(27,28)29)14-18(20(16)31-23)34-9-11-36-12-10-34/h5-8,13-14,20H,9-12H2,1-4H3,(H,30,31). The van der Waals surface area contributed by atoms with Gasteiger partial charge < -0.3 is 19.9 Å². The summed E-state index contributed by atoms with van der Waals surface area (Å²) in [4.78, 5) is 8.45. The molecule has 36 heavy (non-hydrogen) atoms. The Bertz CT molecular complexity index is 1270. The molecule has 11 heteroatoms. The van der Waals surface area contributed by atoms with Gasteiger partial charge in [-0.1, -0.05) is 44.5 Å². The van der Waals surface area contributed by atoms with Gasteiger partial charge in [0.05, 0.1) is 46.6 Å². The molecular weight excluding hydrogens is 493 g/mol. The molecule has 4 heterocycles. The second-order valence-corrected chi connectivity index (χ2v) is 10.4. The van der Waals surface area contributed by atoms with Crippen LogP contribution in [0.15, 0.2) is 53.1 Å². The van der Waals surface area contributed by atoms with Gasteiger partial charge in [-0.3, -0.25) is 4.68 Å². The van der Waals surface area contributed by atoms with E-state index in [1.54, 1.807) is 23.1 Å². The number of aliphatic imine (C=N–C) groups is 1. The normalized spacial score (nSPS) is 20.6. The zero-order valence-electron chi connectivity index (χ0n) is 20.5. The van der Waals surface area contributed by atoms with Crippen molar-refractivity contribution >= 4 is 23.1 Å². The number of nitrogens with zero attached hydrogens (tertiary/aromatic N) is 5. The molecule has 1 aromatic heterocycles. The number of aryl methyl sites for hydroxylation is 1. The predicted octanol–water partition coefficient (Wildman–Crippen LogP) is 4.64. The van der Waals surface area contributed by atoms with Crippen LogP contribution in [0.5, 0.6) is 0 Å². The fourth-order valence-corrected chi connectivity index (χ4v) is 5.21. The number of rotatable bonds is 3. The molecule has 7 nitrogen and oxygen atoms in total. The van der Waals surface area contributed by atoms with Gasteiger partial charge in [-0.25, -0.2) is 4.99 Å². The monoisotopic (exact) mass is 520 g/mol. The lowest BCUT2D eigenvalue weighted by Gasteiger charge is -2.37. The molecule has 2 aromatic rings. The van der Waals surface area contributed by atoms with Gasteiger partial charge in [0.1, 0.15) is 11.7 Å². The lowest BCUT2D eigenvalue weighted by molar-refractivity contribution is -0.137. The number of amidine groups is 1. The third-order valence-corrected chi connectivity index (χ3v) is 6.80. The Hall–Kier alpha value is -2.98. The van der Waals surface area contributed by atoms with Gasteiger partial charge >= 0.3 is 6.18 Å². The third-order valence-electron chi connectivity index (χ3n) is 6.44. The molecule has 0 radical (unpaired) electrons. The van der Waals surface area contributed by atoms with Gasteiger partial charge in [-0.2, -0.15) is 18.3 Å². The number of alkyl halides is 3. The minimum absolute atomic E-state index is 0.0407. The van der Waals surface area contributed by atoms with Crippen molar-refractivity contribution in [2.75, 3.05) is 31.2 Å². The number of para-hydroxylation sites is 1. The number of aromatic nitrogens is 2. The number of benzene rings is 1. The molecule has 3 aliphatic heterocycles. The fraction of sp³-hybridized carbons (Fsp3) is 0.440. The zero-order chi connectivity index (χ0) is 25.8. The minimum atomic E-state index is -4.49. The maximum atomic E-state index is 13.8. The number of anilines is 1. The van der Waals surface area contributed by atoms with Gasteiger partial charge in [-0.15, -0.1) is 0 Å². The van der Waals surface area contributed by atoms with Crippen molar-refractivity contribution in [2.45, 2.75) is 38.4 Å². The molecule has 5 rings (SSSR count). The first-order valence-electron chi connectivity index (χ1n) is 11.7. The van der Waals surface area contributed by atoms with Crippen LogP contribution >= 0.6 is 11.6 Å². The highest BCUT2D eigenvalue weighted by Gasteiger charge is 2.39. The fourth-order valence-electron chi connectivity index (χ4n) is 4.68. The topological polar surface area (TPSA) is 57.9 Å². The Labute approximate surface area is 212 Å². The van der Waals surface area contributed by atoms with Crippen LogP contribution < -0.4 is 10.2 Å². The molecule has 0 amide bonds. The van der Waals surface area contributed by atoms with Crippen LogP contribution in [0.4, 0.5) is 18.9 Å². The highest BCUT2D eigenvalue weighted by Crippen LogP contribution is 2.40. The summed E-state index contributed by atoms with van der Waals surface area (Å²) in [5.74, 6) is 0.534. The van der Waals surface area contributed by atoms with E-state index in [1.165, 1.54) is 17.0 Å². The maximum Gasteiger partial charge on any atom is 0.418 e. The minimum Gasteiger partial charge on any atom is -0.378 e. The van der Waals surface area contributed by atoms with E-state index in [0.717, 1.165) is 17.5 Å². The number of morpholine rings is 1. The Kier molecular flexibility index (Phi) is 6.07. The number of hydrogen-bond acceptors (Lipinski definition) is 6. The number of ether oxygens (including phenoxy) is 1. The molecule has 0 saturated carbocycles. The van der Waals surface area contributed by atoms with Gasteiger partial charge in [0.2, 0.25) is 0 Å². The van der Waals surface area contributed by atoms with E-state index in [0.29, 0.717) is 48.6 Å². The molecule has 1 fully saturated rings. The first-order valence-corrected chi connectivity index (χ1v) is 12.1. The van der Waals surface area contributed by atoms with Crippen molar-refractivity contribution in [3.63, 3.8) is 0 Å². The van der Waals surface area contributed by atoms with Crippen molar-refractivity contribution in [2.24, 2.45) is 12.0 Å². The van der Waals surface area contributed by atoms with E-state index in [4.69, 9.17) is 21.3 Å². The van der Waals surface area contributed by atoms with Crippen LogP contribution in [0, 0.1) is 0 Å². The summed E-state index contributed by atoms with van der Waals surface area (Å²) in [6.45, 7) is 8.44. The molecule has 192 valence electrons. The van der Waals surface area contributed by atoms with Crippen molar-refractivity contribution < 1.29 is 17.9 Å². The van der Waals surface area contributed by atoms with Crippen molar-refractivity contribution in [3.8, 4) is 0 Å². The van der Waals surface area contributed by atoms with E-state index in [-0.39, 0.29) is 17.1 Å². The highest BCUT2D eigenvalue weighted by atomic mass is 35.5. The lowest BCUT2D eigenvalue weighted by Crippen LogP contribution is -2.46. The van der Waals surface area contributed by atoms with Crippen molar-refractivity contribution in [1.82, 2.24) is 20.0 Å². The van der Waals surface area contributed by atoms with E-state index < -0.39 is 11.7 Å². The van der Waals surface area contributed by atoms with Gasteiger partial charge in [0, 0.05) is 38.0 Å². The summed E-state index contributed by atoms with van der Waals surface area (Å²) in [6, 6.07) is 5.21. The van der Waals surface area contributed by atoms with Crippen LogP contribution in [-0.4, -0.2) is 52.9 Å². The van der Waals surface area contributed by atoms with E-state index in [2.05, 4.69) is 15.3 Å². The first-order chi connectivity index (χ1) is 16.9. The van der Waals surface area contributed by atoms with Gasteiger partial charge in [0.15, 0.2) is 5.84 Å². The van der Waals surface area contributed by atoms with Crippen LogP contribution in [0.2, 0.25) is 5.02 Å². The van der Waals surface area contributed by atoms with Gasteiger partial charge in [-0.05, 0) is 12.1 Å². The SMILES string of the molecule is Cn1nc(C(C)(C)C)c(Cl)c1C1=NC2=CN(c3ccccc3C(F)(F)F)C=C(N3CCOCC3)C2N1. The number of hydrogen-bond donors (Lipinski definition) is 1. The van der Waals surface area contributed by atoms with Crippen molar-refractivity contribution in [3.05, 3.63) is 70.0 Å². The van der Waals surface area contributed by atoms with Crippen LogP contribution in [0.25, 0.3) is 0 Å². The molecule has 1 N–H and O–H groups in total. The van der Waals surface area contributed by atoms with E-state index in [9.17, 15) is 13.2 Å². The Morgan fingerprint density at radius 3 is 2.42 bits per heavy atom. The van der Waals surface area contributed by atoms with E-state index >= 15 is 0 Å². The molecule has 1 aromatic carbocycles. The average Bonchev–Trinajstić information content (AvgIpc) is 3.38. The number of fused-ring (bicyclic) bond motifs is 1. The highest BCUT2D eigenvalue weighted by molar-refractivity contribution is 6.34. The molecule has 0 aliphatic carbocycles. The molecular formula is C25H28ClF3N6O. The second-order valence-electron chi connectivity index (χ2n) is 10.1. The number of halogens is 4. The Morgan fingerprint density at radius 2 is 1.78 bits per heavy atom. The quantitative estimate of drug-likeness (QED) is 0.639. The Morgan fingerprint density at radius 1 is 1.08 bits per heavy atom. The predicted molar refractivity (Wildman–Crippen MR) is 133 cm³/mol.